The number of amides is 1. The summed E-state index contributed by atoms with van der Waals surface area (Å²) in [5.41, 5.74) is 3.25. The molecule has 4 heteroatoms. The van der Waals surface area contributed by atoms with E-state index in [0.29, 0.717) is 11.6 Å². The Morgan fingerprint density at radius 3 is 2.48 bits per heavy atom. The molecule has 0 aromatic heterocycles. The van der Waals surface area contributed by atoms with Crippen molar-refractivity contribution >= 4 is 23.2 Å². The molecule has 0 unspecified atom stereocenters. The minimum absolute atomic E-state index is 0.0493. The molecular formula is C17H19ClN2O. The van der Waals surface area contributed by atoms with E-state index in [1.165, 1.54) is 11.1 Å². The van der Waals surface area contributed by atoms with Gasteiger partial charge in [0.05, 0.1) is 6.54 Å². The van der Waals surface area contributed by atoms with Gasteiger partial charge in [-0.15, -0.1) is 0 Å². The van der Waals surface area contributed by atoms with Crippen molar-refractivity contribution in [2.24, 2.45) is 0 Å². The van der Waals surface area contributed by atoms with Crippen LogP contribution >= 0.6 is 11.6 Å². The van der Waals surface area contributed by atoms with Crippen molar-refractivity contribution < 1.29 is 4.79 Å². The molecule has 2 rings (SSSR count). The van der Waals surface area contributed by atoms with Crippen LogP contribution in [-0.4, -0.2) is 24.4 Å². The van der Waals surface area contributed by atoms with E-state index in [2.05, 4.69) is 18.3 Å². The van der Waals surface area contributed by atoms with E-state index in [9.17, 15) is 4.79 Å². The lowest BCUT2D eigenvalue weighted by molar-refractivity contribution is -0.128. The summed E-state index contributed by atoms with van der Waals surface area (Å²) in [5, 5.41) is 3.79. The van der Waals surface area contributed by atoms with E-state index < -0.39 is 0 Å². The second-order valence-electron chi connectivity index (χ2n) is 5.04. The summed E-state index contributed by atoms with van der Waals surface area (Å²) in [4.78, 5) is 13.9. The molecule has 0 fully saturated rings. The van der Waals surface area contributed by atoms with Gasteiger partial charge in [-0.1, -0.05) is 35.9 Å². The Balaban J connectivity index is 1.88. The Kier molecular flexibility index (Phi) is 5.23. The molecule has 2 aromatic rings. The highest BCUT2D eigenvalue weighted by molar-refractivity contribution is 6.30. The summed E-state index contributed by atoms with van der Waals surface area (Å²) in [6, 6.07) is 15.4. The molecule has 0 saturated heterocycles. The van der Waals surface area contributed by atoms with Crippen molar-refractivity contribution in [2.75, 3.05) is 18.9 Å². The lowest BCUT2D eigenvalue weighted by Crippen LogP contribution is -2.31. The Hall–Kier alpha value is -2.00. The van der Waals surface area contributed by atoms with Gasteiger partial charge in [0.25, 0.3) is 0 Å². The fraction of sp³-hybridized carbons (Fsp3) is 0.235. The van der Waals surface area contributed by atoms with E-state index in [4.69, 9.17) is 11.6 Å². The van der Waals surface area contributed by atoms with Crippen molar-refractivity contribution in [3.05, 3.63) is 64.7 Å². The number of likely N-dealkylation sites (N-methyl/N-ethyl adjacent to an activating group) is 1. The van der Waals surface area contributed by atoms with Crippen LogP contribution < -0.4 is 5.32 Å². The standard InChI is InChI=1S/C17H19ClN2O/c1-13-5-3-4-6-14(13)12-20(2)17(21)11-19-16-9-7-15(18)8-10-16/h3-10,19H,11-12H2,1-2H3. The lowest BCUT2D eigenvalue weighted by atomic mass is 10.1. The maximum Gasteiger partial charge on any atom is 0.241 e. The average Bonchev–Trinajstić information content (AvgIpc) is 2.48. The first-order valence-electron chi connectivity index (χ1n) is 6.84. The first-order valence-corrected chi connectivity index (χ1v) is 7.22. The number of anilines is 1. The van der Waals surface area contributed by atoms with Crippen LogP contribution in [0.2, 0.25) is 5.02 Å². The highest BCUT2D eigenvalue weighted by Crippen LogP contribution is 2.13. The van der Waals surface area contributed by atoms with Gasteiger partial charge in [0.2, 0.25) is 5.91 Å². The Labute approximate surface area is 130 Å². The number of hydrogen-bond donors (Lipinski definition) is 1. The third-order valence-corrected chi connectivity index (χ3v) is 3.63. The zero-order valence-electron chi connectivity index (χ0n) is 12.3. The summed E-state index contributed by atoms with van der Waals surface area (Å²) in [7, 11) is 1.82. The smallest absolute Gasteiger partial charge is 0.241 e. The van der Waals surface area contributed by atoms with Crippen molar-refractivity contribution in [2.45, 2.75) is 13.5 Å². The number of benzene rings is 2. The monoisotopic (exact) mass is 302 g/mol. The quantitative estimate of drug-likeness (QED) is 0.913. The van der Waals surface area contributed by atoms with E-state index in [0.717, 1.165) is 5.69 Å². The maximum absolute atomic E-state index is 12.1. The SMILES string of the molecule is Cc1ccccc1CN(C)C(=O)CNc1ccc(Cl)cc1. The number of hydrogen-bond acceptors (Lipinski definition) is 2. The zero-order chi connectivity index (χ0) is 15.2. The van der Waals surface area contributed by atoms with Gasteiger partial charge >= 0.3 is 0 Å². The average molecular weight is 303 g/mol. The van der Waals surface area contributed by atoms with Crippen LogP contribution in [0.15, 0.2) is 48.5 Å². The first-order chi connectivity index (χ1) is 10.1. The van der Waals surface area contributed by atoms with Gasteiger partial charge in [-0.05, 0) is 42.3 Å². The second-order valence-corrected chi connectivity index (χ2v) is 5.47. The van der Waals surface area contributed by atoms with Crippen molar-refractivity contribution in [1.82, 2.24) is 4.90 Å². The van der Waals surface area contributed by atoms with Gasteiger partial charge in [0.15, 0.2) is 0 Å². The van der Waals surface area contributed by atoms with Crippen LogP contribution in [-0.2, 0) is 11.3 Å². The van der Waals surface area contributed by atoms with E-state index in [1.54, 1.807) is 17.0 Å². The molecule has 0 aliphatic carbocycles. The van der Waals surface area contributed by atoms with Crippen molar-refractivity contribution in [3.63, 3.8) is 0 Å². The highest BCUT2D eigenvalue weighted by atomic mass is 35.5. The van der Waals surface area contributed by atoms with Gasteiger partial charge in [0.1, 0.15) is 0 Å². The molecule has 0 bridgehead atoms. The van der Waals surface area contributed by atoms with Crippen LogP contribution in [0.25, 0.3) is 0 Å². The first kappa shape index (κ1) is 15.4. The molecule has 0 saturated carbocycles. The lowest BCUT2D eigenvalue weighted by Gasteiger charge is -2.19. The summed E-state index contributed by atoms with van der Waals surface area (Å²) in [5.74, 6) is 0.0493. The van der Waals surface area contributed by atoms with E-state index in [-0.39, 0.29) is 12.5 Å². The largest absolute Gasteiger partial charge is 0.376 e. The molecule has 0 radical (unpaired) electrons. The molecule has 2 aromatic carbocycles. The summed E-state index contributed by atoms with van der Waals surface area (Å²) in [6.07, 6.45) is 0. The number of rotatable bonds is 5. The topological polar surface area (TPSA) is 32.3 Å². The number of carbonyl (C=O) groups is 1. The number of carbonyl (C=O) groups excluding carboxylic acids is 1. The number of nitrogens with zero attached hydrogens (tertiary/aromatic N) is 1. The minimum Gasteiger partial charge on any atom is -0.376 e. The van der Waals surface area contributed by atoms with Gasteiger partial charge in [-0.2, -0.15) is 0 Å². The van der Waals surface area contributed by atoms with Crippen LogP contribution in [0.4, 0.5) is 5.69 Å². The zero-order valence-corrected chi connectivity index (χ0v) is 13.0. The third-order valence-electron chi connectivity index (χ3n) is 3.38. The van der Waals surface area contributed by atoms with Crippen molar-refractivity contribution in [1.29, 1.82) is 0 Å². The fourth-order valence-corrected chi connectivity index (χ4v) is 2.14. The highest BCUT2D eigenvalue weighted by Gasteiger charge is 2.10. The molecule has 1 N–H and O–H groups in total. The molecular weight excluding hydrogens is 284 g/mol. The molecule has 1 amide bonds. The molecule has 0 atom stereocenters. The molecule has 0 spiro atoms. The van der Waals surface area contributed by atoms with Crippen LogP contribution in [0.1, 0.15) is 11.1 Å². The Morgan fingerprint density at radius 1 is 1.14 bits per heavy atom. The summed E-state index contributed by atoms with van der Waals surface area (Å²) < 4.78 is 0. The molecule has 0 aliphatic heterocycles. The van der Waals surface area contributed by atoms with Gasteiger partial charge in [-0.3, -0.25) is 4.79 Å². The Bertz CT molecular complexity index is 610. The number of aryl methyl sites for hydroxylation is 1. The Morgan fingerprint density at radius 2 is 1.81 bits per heavy atom. The van der Waals surface area contributed by atoms with Gasteiger partial charge < -0.3 is 10.2 Å². The normalized spacial score (nSPS) is 10.2. The molecule has 21 heavy (non-hydrogen) atoms. The van der Waals surface area contributed by atoms with E-state index in [1.807, 2.05) is 37.4 Å². The predicted molar refractivity (Wildman–Crippen MR) is 87.6 cm³/mol. The van der Waals surface area contributed by atoms with Crippen molar-refractivity contribution in [3.8, 4) is 0 Å². The number of nitrogens with one attached hydrogen (secondary N) is 1. The molecule has 0 aliphatic rings. The maximum atomic E-state index is 12.1. The third kappa shape index (κ3) is 4.50. The molecule has 110 valence electrons. The van der Waals surface area contributed by atoms with Crippen LogP contribution in [0.3, 0.4) is 0 Å². The minimum atomic E-state index is 0.0493. The van der Waals surface area contributed by atoms with E-state index >= 15 is 0 Å². The van der Waals surface area contributed by atoms with Gasteiger partial charge in [-0.25, -0.2) is 0 Å². The fourth-order valence-electron chi connectivity index (χ4n) is 2.01. The second kappa shape index (κ2) is 7.14. The summed E-state index contributed by atoms with van der Waals surface area (Å²) in [6.45, 7) is 2.94. The molecule has 3 nitrogen and oxygen atoms in total. The molecule has 0 heterocycles. The van der Waals surface area contributed by atoms with Gasteiger partial charge in [0, 0.05) is 24.3 Å². The van der Waals surface area contributed by atoms with Crippen LogP contribution in [0.5, 0.6) is 0 Å². The van der Waals surface area contributed by atoms with Crippen LogP contribution in [0, 0.1) is 6.92 Å². The number of halogens is 1. The predicted octanol–water partition coefficient (Wildman–Crippen LogP) is 3.72. The summed E-state index contributed by atoms with van der Waals surface area (Å²) >= 11 is 5.83.